The summed E-state index contributed by atoms with van der Waals surface area (Å²) in [7, 11) is 0. The van der Waals surface area contributed by atoms with Crippen molar-refractivity contribution in [3.05, 3.63) is 33.9 Å². The fourth-order valence-electron chi connectivity index (χ4n) is 2.47. The van der Waals surface area contributed by atoms with Crippen LogP contribution in [-0.4, -0.2) is 41.5 Å². The number of benzene rings is 1. The number of carbonyl (C=O) groups excluding carboxylic acids is 1. The predicted octanol–water partition coefficient (Wildman–Crippen LogP) is 1.82. The molecule has 1 fully saturated rings. The van der Waals surface area contributed by atoms with Gasteiger partial charge in [0.2, 0.25) is 0 Å². The van der Waals surface area contributed by atoms with E-state index in [-0.39, 0.29) is 28.9 Å². The highest BCUT2D eigenvalue weighted by molar-refractivity contribution is 5.99. The normalized spacial score (nSPS) is 16.0. The Morgan fingerprint density at radius 2 is 2.14 bits per heavy atom. The molecule has 0 aliphatic carbocycles. The zero-order valence-corrected chi connectivity index (χ0v) is 11.9. The predicted molar refractivity (Wildman–Crippen MR) is 78.1 cm³/mol. The van der Waals surface area contributed by atoms with E-state index >= 15 is 0 Å². The van der Waals surface area contributed by atoms with E-state index in [1.807, 2.05) is 6.92 Å². The lowest BCUT2D eigenvalue weighted by Gasteiger charge is -2.32. The van der Waals surface area contributed by atoms with Crippen LogP contribution in [-0.2, 0) is 4.74 Å². The Balaban J connectivity index is 2.10. The standard InChI is InChI=1S/C14H19N3O4/c1-2-21-11-5-7-16(8-6-11)14(18)12-9-10(17(19)20)3-4-13(12)15/h3-4,9,11H,2,5-8,15H2,1H3. The topological polar surface area (TPSA) is 98.7 Å². The van der Waals surface area contributed by atoms with Gasteiger partial charge in [0.25, 0.3) is 11.6 Å². The summed E-state index contributed by atoms with van der Waals surface area (Å²) < 4.78 is 5.54. The monoisotopic (exact) mass is 293 g/mol. The van der Waals surface area contributed by atoms with Crippen LogP contribution in [0.1, 0.15) is 30.1 Å². The molecule has 1 aliphatic rings. The first-order valence-corrected chi connectivity index (χ1v) is 6.97. The summed E-state index contributed by atoms with van der Waals surface area (Å²) in [5.74, 6) is -0.258. The van der Waals surface area contributed by atoms with Gasteiger partial charge < -0.3 is 15.4 Å². The lowest BCUT2D eigenvalue weighted by atomic mass is 10.1. The summed E-state index contributed by atoms with van der Waals surface area (Å²) in [6.45, 7) is 3.76. The second kappa shape index (κ2) is 6.53. The van der Waals surface area contributed by atoms with Crippen molar-refractivity contribution in [3.8, 4) is 0 Å². The summed E-state index contributed by atoms with van der Waals surface area (Å²) in [6, 6.07) is 3.94. The number of hydrogen-bond donors (Lipinski definition) is 1. The van der Waals surface area contributed by atoms with Crippen LogP contribution in [0, 0.1) is 10.1 Å². The average molecular weight is 293 g/mol. The van der Waals surface area contributed by atoms with Crippen molar-refractivity contribution in [2.75, 3.05) is 25.4 Å². The summed E-state index contributed by atoms with van der Waals surface area (Å²) >= 11 is 0. The number of nitrogen functional groups attached to an aromatic ring is 1. The van der Waals surface area contributed by atoms with Gasteiger partial charge in [-0.05, 0) is 25.8 Å². The summed E-state index contributed by atoms with van der Waals surface area (Å²) in [5, 5.41) is 10.8. The van der Waals surface area contributed by atoms with Crippen molar-refractivity contribution in [1.29, 1.82) is 0 Å². The first-order chi connectivity index (χ1) is 10.0. The maximum absolute atomic E-state index is 12.4. The molecule has 0 radical (unpaired) electrons. The molecule has 7 heteroatoms. The maximum Gasteiger partial charge on any atom is 0.270 e. The number of rotatable bonds is 4. The molecule has 0 saturated carbocycles. The maximum atomic E-state index is 12.4. The lowest BCUT2D eigenvalue weighted by molar-refractivity contribution is -0.384. The van der Waals surface area contributed by atoms with Gasteiger partial charge in [0.15, 0.2) is 0 Å². The van der Waals surface area contributed by atoms with E-state index in [2.05, 4.69) is 0 Å². The van der Waals surface area contributed by atoms with Crippen molar-refractivity contribution < 1.29 is 14.5 Å². The number of nitrogens with two attached hydrogens (primary N) is 1. The van der Waals surface area contributed by atoms with Crippen LogP contribution >= 0.6 is 0 Å². The Morgan fingerprint density at radius 3 is 2.71 bits per heavy atom. The quantitative estimate of drug-likeness (QED) is 0.518. The fraction of sp³-hybridized carbons (Fsp3) is 0.500. The molecule has 21 heavy (non-hydrogen) atoms. The van der Waals surface area contributed by atoms with E-state index in [1.54, 1.807) is 4.90 Å². The van der Waals surface area contributed by atoms with Gasteiger partial charge in [0.1, 0.15) is 0 Å². The SMILES string of the molecule is CCOC1CCN(C(=O)c2cc([N+](=O)[O-])ccc2N)CC1. The largest absolute Gasteiger partial charge is 0.398 e. The third-order valence-corrected chi connectivity index (χ3v) is 3.61. The highest BCUT2D eigenvalue weighted by atomic mass is 16.6. The van der Waals surface area contributed by atoms with E-state index in [0.29, 0.717) is 19.7 Å². The third-order valence-electron chi connectivity index (χ3n) is 3.61. The van der Waals surface area contributed by atoms with Crippen molar-refractivity contribution in [2.45, 2.75) is 25.9 Å². The Hall–Kier alpha value is -2.15. The van der Waals surface area contributed by atoms with Crippen LogP contribution in [0.25, 0.3) is 0 Å². The van der Waals surface area contributed by atoms with E-state index in [4.69, 9.17) is 10.5 Å². The summed E-state index contributed by atoms with van der Waals surface area (Å²) in [5.41, 5.74) is 6.10. The third kappa shape index (κ3) is 3.49. The van der Waals surface area contributed by atoms with Gasteiger partial charge in [0, 0.05) is 37.5 Å². The molecule has 1 aromatic carbocycles. The van der Waals surface area contributed by atoms with Gasteiger partial charge in [-0.2, -0.15) is 0 Å². The molecule has 1 heterocycles. The number of non-ortho nitro benzene ring substituents is 1. The number of ether oxygens (including phenoxy) is 1. The van der Waals surface area contributed by atoms with Crippen molar-refractivity contribution >= 4 is 17.3 Å². The minimum atomic E-state index is -0.530. The molecule has 0 atom stereocenters. The molecule has 7 nitrogen and oxygen atoms in total. The van der Waals surface area contributed by atoms with Crippen LogP contribution in [0.4, 0.5) is 11.4 Å². The molecule has 0 unspecified atom stereocenters. The minimum absolute atomic E-state index is 0.128. The zero-order valence-electron chi connectivity index (χ0n) is 11.9. The van der Waals surface area contributed by atoms with Gasteiger partial charge in [0.05, 0.1) is 16.6 Å². The second-order valence-electron chi connectivity index (χ2n) is 4.98. The molecule has 0 bridgehead atoms. The Labute approximate surface area is 122 Å². The van der Waals surface area contributed by atoms with Gasteiger partial charge in [-0.1, -0.05) is 0 Å². The van der Waals surface area contributed by atoms with Crippen LogP contribution in [0.2, 0.25) is 0 Å². The van der Waals surface area contributed by atoms with Crippen molar-refractivity contribution in [1.82, 2.24) is 4.90 Å². The second-order valence-corrected chi connectivity index (χ2v) is 4.98. The van der Waals surface area contributed by atoms with Crippen LogP contribution in [0.15, 0.2) is 18.2 Å². The first-order valence-electron chi connectivity index (χ1n) is 6.97. The smallest absolute Gasteiger partial charge is 0.270 e. The number of amides is 1. The number of nitro benzene ring substituents is 1. The highest BCUT2D eigenvalue weighted by Crippen LogP contribution is 2.23. The highest BCUT2D eigenvalue weighted by Gasteiger charge is 2.26. The molecular weight excluding hydrogens is 274 g/mol. The van der Waals surface area contributed by atoms with Crippen LogP contribution in [0.5, 0.6) is 0 Å². The Kier molecular flexibility index (Phi) is 4.74. The van der Waals surface area contributed by atoms with Gasteiger partial charge in [-0.3, -0.25) is 14.9 Å². The minimum Gasteiger partial charge on any atom is -0.398 e. The molecule has 1 saturated heterocycles. The van der Waals surface area contributed by atoms with E-state index in [1.165, 1.54) is 18.2 Å². The summed E-state index contributed by atoms with van der Waals surface area (Å²) in [4.78, 5) is 24.4. The Morgan fingerprint density at radius 1 is 1.48 bits per heavy atom. The van der Waals surface area contributed by atoms with E-state index in [9.17, 15) is 14.9 Å². The molecule has 1 amide bonds. The van der Waals surface area contributed by atoms with Crippen LogP contribution in [0.3, 0.4) is 0 Å². The number of nitro groups is 1. The molecule has 1 aromatic rings. The molecule has 114 valence electrons. The number of piperidine rings is 1. The molecule has 0 spiro atoms. The number of nitrogens with zero attached hydrogens (tertiary/aromatic N) is 2. The van der Waals surface area contributed by atoms with Gasteiger partial charge >= 0.3 is 0 Å². The van der Waals surface area contributed by atoms with Crippen LogP contribution < -0.4 is 5.73 Å². The molecular formula is C14H19N3O4. The zero-order chi connectivity index (χ0) is 15.4. The Bertz CT molecular complexity index is 539. The number of anilines is 1. The molecule has 2 rings (SSSR count). The van der Waals surface area contributed by atoms with Crippen molar-refractivity contribution in [3.63, 3.8) is 0 Å². The van der Waals surface area contributed by atoms with E-state index < -0.39 is 4.92 Å². The van der Waals surface area contributed by atoms with Crippen molar-refractivity contribution in [2.24, 2.45) is 0 Å². The average Bonchev–Trinajstić information content (AvgIpc) is 2.48. The number of carbonyl (C=O) groups is 1. The molecule has 0 aromatic heterocycles. The fourth-order valence-corrected chi connectivity index (χ4v) is 2.47. The van der Waals surface area contributed by atoms with E-state index in [0.717, 1.165) is 12.8 Å². The first kappa shape index (κ1) is 15.2. The number of likely N-dealkylation sites (tertiary alicyclic amines) is 1. The molecule has 1 aliphatic heterocycles. The van der Waals surface area contributed by atoms with Gasteiger partial charge in [-0.25, -0.2) is 0 Å². The molecule has 2 N–H and O–H groups in total. The summed E-state index contributed by atoms with van der Waals surface area (Å²) in [6.07, 6.45) is 1.73. The number of hydrogen-bond acceptors (Lipinski definition) is 5. The van der Waals surface area contributed by atoms with Gasteiger partial charge in [-0.15, -0.1) is 0 Å². The lowest BCUT2D eigenvalue weighted by Crippen LogP contribution is -2.41.